The molecule has 0 bridgehead atoms. The molecule has 0 aliphatic heterocycles. The quantitative estimate of drug-likeness (QED) is 0.801. The van der Waals surface area contributed by atoms with Gasteiger partial charge in [-0.1, -0.05) is 24.3 Å². The molecule has 2 aromatic rings. The van der Waals surface area contributed by atoms with Crippen molar-refractivity contribution in [2.24, 2.45) is 0 Å². The predicted molar refractivity (Wildman–Crippen MR) is 96.1 cm³/mol. The summed E-state index contributed by atoms with van der Waals surface area (Å²) in [5, 5.41) is 9.01. The SMILES string of the molecule is COc1ccc(CCCN(C)C(=O)Cc2cccc(C(=O)O)c2)cc1. The van der Waals surface area contributed by atoms with Crippen LogP contribution in [-0.4, -0.2) is 42.6 Å². The first-order chi connectivity index (χ1) is 12.0. The van der Waals surface area contributed by atoms with Gasteiger partial charge in [0.25, 0.3) is 0 Å². The molecule has 0 radical (unpaired) electrons. The zero-order valence-corrected chi connectivity index (χ0v) is 14.6. The maximum Gasteiger partial charge on any atom is 0.335 e. The molecule has 2 aromatic carbocycles. The first-order valence-electron chi connectivity index (χ1n) is 8.18. The molecule has 0 aliphatic rings. The molecule has 0 heterocycles. The number of nitrogens with zero attached hydrogens (tertiary/aromatic N) is 1. The molecular formula is C20H23NO4. The van der Waals surface area contributed by atoms with E-state index >= 15 is 0 Å². The third kappa shape index (κ3) is 5.64. The highest BCUT2D eigenvalue weighted by Gasteiger charge is 2.11. The van der Waals surface area contributed by atoms with Crippen LogP contribution in [0.15, 0.2) is 48.5 Å². The Bertz CT molecular complexity index is 725. The van der Waals surface area contributed by atoms with Gasteiger partial charge < -0.3 is 14.7 Å². The van der Waals surface area contributed by atoms with Crippen molar-refractivity contribution < 1.29 is 19.4 Å². The number of aryl methyl sites for hydroxylation is 1. The smallest absolute Gasteiger partial charge is 0.335 e. The molecule has 0 aromatic heterocycles. The van der Waals surface area contributed by atoms with E-state index in [9.17, 15) is 9.59 Å². The molecule has 0 fully saturated rings. The Hall–Kier alpha value is -2.82. The van der Waals surface area contributed by atoms with E-state index in [-0.39, 0.29) is 17.9 Å². The molecule has 1 N–H and O–H groups in total. The first kappa shape index (κ1) is 18.5. The highest BCUT2D eigenvalue weighted by Crippen LogP contribution is 2.13. The first-order valence-corrected chi connectivity index (χ1v) is 8.18. The van der Waals surface area contributed by atoms with Gasteiger partial charge in [0.1, 0.15) is 5.75 Å². The monoisotopic (exact) mass is 341 g/mol. The Labute approximate surface area is 147 Å². The average molecular weight is 341 g/mol. The number of aromatic carboxylic acids is 1. The van der Waals surface area contributed by atoms with Crippen molar-refractivity contribution >= 4 is 11.9 Å². The lowest BCUT2D eigenvalue weighted by molar-refractivity contribution is -0.129. The van der Waals surface area contributed by atoms with Gasteiger partial charge in [0.05, 0.1) is 19.1 Å². The number of amides is 1. The van der Waals surface area contributed by atoms with Crippen LogP contribution >= 0.6 is 0 Å². The molecule has 0 unspecified atom stereocenters. The van der Waals surface area contributed by atoms with Crippen molar-refractivity contribution in [1.29, 1.82) is 0 Å². The third-order valence-corrected chi connectivity index (χ3v) is 4.07. The van der Waals surface area contributed by atoms with Crippen molar-refractivity contribution in [3.63, 3.8) is 0 Å². The van der Waals surface area contributed by atoms with Gasteiger partial charge in [0.2, 0.25) is 5.91 Å². The molecule has 2 rings (SSSR count). The molecule has 0 spiro atoms. The molecule has 1 amide bonds. The lowest BCUT2D eigenvalue weighted by Gasteiger charge is -2.17. The second kappa shape index (κ2) is 8.87. The number of benzene rings is 2. The van der Waals surface area contributed by atoms with Crippen LogP contribution in [0.4, 0.5) is 0 Å². The number of rotatable bonds is 8. The Balaban J connectivity index is 1.81. The second-order valence-corrected chi connectivity index (χ2v) is 5.95. The van der Waals surface area contributed by atoms with Gasteiger partial charge in [-0.05, 0) is 48.2 Å². The van der Waals surface area contributed by atoms with Crippen LogP contribution in [-0.2, 0) is 17.6 Å². The topological polar surface area (TPSA) is 66.8 Å². The van der Waals surface area contributed by atoms with E-state index in [1.54, 1.807) is 37.3 Å². The number of carbonyl (C=O) groups is 2. The third-order valence-electron chi connectivity index (χ3n) is 4.07. The van der Waals surface area contributed by atoms with Crippen molar-refractivity contribution in [1.82, 2.24) is 4.90 Å². The number of hydrogen-bond donors (Lipinski definition) is 1. The Kier molecular flexibility index (Phi) is 6.57. The molecule has 0 atom stereocenters. The molecule has 5 heteroatoms. The van der Waals surface area contributed by atoms with E-state index in [0.717, 1.165) is 18.6 Å². The predicted octanol–water partition coefficient (Wildman–Crippen LogP) is 3.03. The van der Waals surface area contributed by atoms with E-state index in [1.165, 1.54) is 11.6 Å². The highest BCUT2D eigenvalue weighted by atomic mass is 16.5. The van der Waals surface area contributed by atoms with Crippen molar-refractivity contribution in [3.8, 4) is 5.75 Å². The van der Waals surface area contributed by atoms with Crippen LogP contribution in [0.5, 0.6) is 5.75 Å². The minimum atomic E-state index is -0.984. The normalized spacial score (nSPS) is 10.3. The van der Waals surface area contributed by atoms with Crippen molar-refractivity contribution in [2.45, 2.75) is 19.3 Å². The lowest BCUT2D eigenvalue weighted by Crippen LogP contribution is -2.29. The van der Waals surface area contributed by atoms with Crippen molar-refractivity contribution in [3.05, 3.63) is 65.2 Å². The summed E-state index contributed by atoms with van der Waals surface area (Å²) in [4.78, 5) is 25.0. The average Bonchev–Trinajstić information content (AvgIpc) is 2.62. The number of ether oxygens (including phenoxy) is 1. The number of carboxylic acid groups (broad SMARTS) is 1. The number of hydrogen-bond acceptors (Lipinski definition) is 3. The standard InChI is InChI=1S/C20H23NO4/c1-21(12-4-6-15-8-10-18(25-2)11-9-15)19(22)14-16-5-3-7-17(13-16)20(23)24/h3,5,7-11,13H,4,6,12,14H2,1-2H3,(H,23,24). The Morgan fingerprint density at radius 1 is 1.08 bits per heavy atom. The zero-order valence-electron chi connectivity index (χ0n) is 14.6. The van der Waals surface area contributed by atoms with Gasteiger partial charge in [0.15, 0.2) is 0 Å². The van der Waals surface area contributed by atoms with Crippen LogP contribution < -0.4 is 4.74 Å². The van der Waals surface area contributed by atoms with Gasteiger partial charge in [-0.3, -0.25) is 4.79 Å². The largest absolute Gasteiger partial charge is 0.497 e. The number of carbonyl (C=O) groups excluding carboxylic acids is 1. The maximum absolute atomic E-state index is 12.3. The minimum absolute atomic E-state index is 0.0164. The molecule has 0 aliphatic carbocycles. The van der Waals surface area contributed by atoms with E-state index in [4.69, 9.17) is 9.84 Å². The minimum Gasteiger partial charge on any atom is -0.497 e. The number of methoxy groups -OCH3 is 1. The van der Waals surface area contributed by atoms with E-state index in [2.05, 4.69) is 0 Å². The fourth-order valence-corrected chi connectivity index (χ4v) is 2.56. The lowest BCUT2D eigenvalue weighted by atomic mass is 10.1. The van der Waals surface area contributed by atoms with Gasteiger partial charge in [-0.2, -0.15) is 0 Å². The molecule has 5 nitrogen and oxygen atoms in total. The summed E-state index contributed by atoms with van der Waals surface area (Å²) in [6, 6.07) is 14.4. The van der Waals surface area contributed by atoms with Crippen LogP contribution in [0.2, 0.25) is 0 Å². The number of carboxylic acids is 1. The van der Waals surface area contributed by atoms with E-state index in [0.29, 0.717) is 12.1 Å². The maximum atomic E-state index is 12.3. The summed E-state index contributed by atoms with van der Waals surface area (Å²) in [5.74, 6) is -0.168. The van der Waals surface area contributed by atoms with Crippen LogP contribution in [0.1, 0.15) is 27.9 Å². The van der Waals surface area contributed by atoms with Gasteiger partial charge in [-0.15, -0.1) is 0 Å². The van der Waals surface area contributed by atoms with Gasteiger partial charge in [0, 0.05) is 13.6 Å². The van der Waals surface area contributed by atoms with E-state index in [1.807, 2.05) is 24.3 Å². The molecule has 0 saturated carbocycles. The van der Waals surface area contributed by atoms with Gasteiger partial charge >= 0.3 is 5.97 Å². The molecule has 0 saturated heterocycles. The van der Waals surface area contributed by atoms with Crippen LogP contribution in [0.3, 0.4) is 0 Å². The highest BCUT2D eigenvalue weighted by molar-refractivity contribution is 5.88. The fraction of sp³-hybridized carbons (Fsp3) is 0.300. The summed E-state index contributed by atoms with van der Waals surface area (Å²) in [6.07, 6.45) is 1.96. The fourth-order valence-electron chi connectivity index (χ4n) is 2.56. The second-order valence-electron chi connectivity index (χ2n) is 5.95. The van der Waals surface area contributed by atoms with Crippen LogP contribution in [0, 0.1) is 0 Å². The van der Waals surface area contributed by atoms with Crippen molar-refractivity contribution in [2.75, 3.05) is 20.7 Å². The number of likely N-dealkylation sites (N-methyl/N-ethyl adjacent to an activating group) is 1. The van der Waals surface area contributed by atoms with Crippen LogP contribution in [0.25, 0.3) is 0 Å². The zero-order chi connectivity index (χ0) is 18.2. The molecule has 132 valence electrons. The summed E-state index contributed by atoms with van der Waals surface area (Å²) in [6.45, 7) is 0.656. The van der Waals surface area contributed by atoms with Gasteiger partial charge in [-0.25, -0.2) is 4.79 Å². The summed E-state index contributed by atoms with van der Waals surface area (Å²) in [7, 11) is 3.42. The molecule has 25 heavy (non-hydrogen) atoms. The summed E-state index contributed by atoms with van der Waals surface area (Å²) in [5.41, 5.74) is 2.12. The van der Waals surface area contributed by atoms with E-state index < -0.39 is 5.97 Å². The summed E-state index contributed by atoms with van der Waals surface area (Å²) < 4.78 is 5.13. The Morgan fingerprint density at radius 3 is 2.44 bits per heavy atom. The molecular weight excluding hydrogens is 318 g/mol. The summed E-state index contributed by atoms with van der Waals surface area (Å²) >= 11 is 0. The Morgan fingerprint density at radius 2 is 1.80 bits per heavy atom.